The van der Waals surface area contributed by atoms with Gasteiger partial charge in [-0.2, -0.15) is 0 Å². The van der Waals surface area contributed by atoms with Gasteiger partial charge in [0.1, 0.15) is 11.4 Å². The number of furan rings is 1. The molecule has 0 aliphatic heterocycles. The molecule has 0 aliphatic rings. The highest BCUT2D eigenvalue weighted by Gasteiger charge is 2.30. The minimum Gasteiger partial charge on any atom is -0.472 e. The van der Waals surface area contributed by atoms with Crippen molar-refractivity contribution < 1.29 is 13.9 Å². The smallest absolute Gasteiger partial charge is 0.123 e. The molecule has 1 unspecified atom stereocenters. The molecule has 2 rings (SSSR count). The fraction of sp³-hybridized carbons (Fsp3) is 0.231. The zero-order chi connectivity index (χ0) is 11.6. The van der Waals surface area contributed by atoms with Crippen LogP contribution in [0.25, 0.3) is 0 Å². The predicted molar refractivity (Wildman–Crippen MR) is 58.4 cm³/mol. The van der Waals surface area contributed by atoms with Crippen molar-refractivity contribution in [1.82, 2.24) is 0 Å². The highest BCUT2D eigenvalue weighted by molar-refractivity contribution is 5.34. The van der Waals surface area contributed by atoms with Crippen LogP contribution in [0.15, 0.2) is 47.3 Å². The van der Waals surface area contributed by atoms with Crippen LogP contribution in [0, 0.1) is 5.82 Å². The summed E-state index contributed by atoms with van der Waals surface area (Å²) in [5, 5.41) is 10.5. The summed E-state index contributed by atoms with van der Waals surface area (Å²) in [7, 11) is 0. The van der Waals surface area contributed by atoms with Crippen molar-refractivity contribution >= 4 is 0 Å². The van der Waals surface area contributed by atoms with Gasteiger partial charge in [-0.25, -0.2) is 4.39 Å². The van der Waals surface area contributed by atoms with Gasteiger partial charge in [0.15, 0.2) is 0 Å². The molecule has 0 bridgehead atoms. The lowest BCUT2D eigenvalue weighted by atomic mass is 9.86. The molecule has 0 aliphatic carbocycles. The molecule has 0 fully saturated rings. The zero-order valence-corrected chi connectivity index (χ0v) is 8.98. The molecule has 1 atom stereocenters. The van der Waals surface area contributed by atoms with E-state index < -0.39 is 5.60 Å². The molecule has 0 saturated carbocycles. The molecule has 1 heterocycles. The zero-order valence-electron chi connectivity index (χ0n) is 8.98. The quantitative estimate of drug-likeness (QED) is 0.862. The van der Waals surface area contributed by atoms with Crippen LogP contribution in [0.5, 0.6) is 0 Å². The normalized spacial score (nSPS) is 14.7. The van der Waals surface area contributed by atoms with Crippen LogP contribution in [0.3, 0.4) is 0 Å². The van der Waals surface area contributed by atoms with Gasteiger partial charge in [0.05, 0.1) is 12.5 Å². The predicted octanol–water partition coefficient (Wildman–Crippen LogP) is 3.06. The molecule has 2 nitrogen and oxygen atoms in total. The molecule has 2 aromatic rings. The Hall–Kier alpha value is -1.61. The Morgan fingerprint density at radius 3 is 2.69 bits per heavy atom. The van der Waals surface area contributed by atoms with Gasteiger partial charge < -0.3 is 9.52 Å². The minimum atomic E-state index is -1.19. The highest BCUT2D eigenvalue weighted by Crippen LogP contribution is 2.33. The van der Waals surface area contributed by atoms with Crippen LogP contribution in [0.2, 0.25) is 0 Å². The molecule has 3 heteroatoms. The molecular formula is C13H13FO2. The number of aliphatic hydroxyl groups is 1. The summed E-state index contributed by atoms with van der Waals surface area (Å²) < 4.78 is 18.1. The van der Waals surface area contributed by atoms with Crippen LogP contribution >= 0.6 is 0 Å². The molecular weight excluding hydrogens is 207 g/mol. The SMILES string of the molecule is CCC(O)(c1ccoc1)c1cccc(F)c1. The van der Waals surface area contributed by atoms with E-state index >= 15 is 0 Å². The fourth-order valence-corrected chi connectivity index (χ4v) is 1.82. The summed E-state index contributed by atoms with van der Waals surface area (Å²) in [5.41, 5.74) is -0.00764. The third-order valence-corrected chi connectivity index (χ3v) is 2.81. The van der Waals surface area contributed by atoms with Gasteiger partial charge in [-0.15, -0.1) is 0 Å². The van der Waals surface area contributed by atoms with Gasteiger partial charge in [-0.3, -0.25) is 0 Å². The van der Waals surface area contributed by atoms with Crippen LogP contribution in [0.4, 0.5) is 4.39 Å². The van der Waals surface area contributed by atoms with E-state index in [0.29, 0.717) is 17.5 Å². The summed E-state index contributed by atoms with van der Waals surface area (Å²) in [4.78, 5) is 0. The monoisotopic (exact) mass is 220 g/mol. The average molecular weight is 220 g/mol. The summed E-state index contributed by atoms with van der Waals surface area (Å²) >= 11 is 0. The summed E-state index contributed by atoms with van der Waals surface area (Å²) in [6.45, 7) is 1.85. The summed E-state index contributed by atoms with van der Waals surface area (Å²) in [6, 6.07) is 7.69. The Bertz CT molecular complexity index is 465. The maximum absolute atomic E-state index is 13.1. The highest BCUT2D eigenvalue weighted by atomic mass is 19.1. The third kappa shape index (κ3) is 1.74. The van der Waals surface area contributed by atoms with E-state index in [2.05, 4.69) is 0 Å². The summed E-state index contributed by atoms with van der Waals surface area (Å²) in [5.74, 6) is -0.354. The molecule has 0 amide bonds. The third-order valence-electron chi connectivity index (χ3n) is 2.81. The van der Waals surface area contributed by atoms with Crippen LogP contribution in [-0.4, -0.2) is 5.11 Å². The molecule has 0 spiro atoms. The van der Waals surface area contributed by atoms with Crippen molar-refractivity contribution in [1.29, 1.82) is 0 Å². The average Bonchev–Trinajstić information content (AvgIpc) is 2.82. The van der Waals surface area contributed by atoms with Gasteiger partial charge in [-0.1, -0.05) is 19.1 Å². The van der Waals surface area contributed by atoms with Crippen molar-refractivity contribution in [3.05, 3.63) is 59.8 Å². The van der Waals surface area contributed by atoms with E-state index in [9.17, 15) is 9.50 Å². The topological polar surface area (TPSA) is 33.4 Å². The van der Waals surface area contributed by atoms with Crippen LogP contribution < -0.4 is 0 Å². The Morgan fingerprint density at radius 2 is 2.12 bits per heavy atom. The first-order valence-corrected chi connectivity index (χ1v) is 5.18. The number of hydrogen-bond acceptors (Lipinski definition) is 2. The van der Waals surface area contributed by atoms with Gasteiger partial charge >= 0.3 is 0 Å². The van der Waals surface area contributed by atoms with E-state index in [1.807, 2.05) is 6.92 Å². The lowest BCUT2D eigenvalue weighted by Gasteiger charge is -2.26. The fourth-order valence-electron chi connectivity index (χ4n) is 1.82. The number of rotatable bonds is 3. The first kappa shape index (κ1) is 10.9. The Morgan fingerprint density at radius 1 is 1.31 bits per heavy atom. The first-order chi connectivity index (χ1) is 7.66. The minimum absolute atomic E-state index is 0.354. The molecule has 84 valence electrons. The lowest BCUT2D eigenvalue weighted by molar-refractivity contribution is 0.0755. The molecule has 1 aromatic carbocycles. The van der Waals surface area contributed by atoms with E-state index in [4.69, 9.17) is 4.42 Å². The first-order valence-electron chi connectivity index (χ1n) is 5.18. The van der Waals surface area contributed by atoms with E-state index in [1.165, 1.54) is 24.7 Å². The Labute approximate surface area is 93.3 Å². The number of halogens is 1. The van der Waals surface area contributed by atoms with Crippen molar-refractivity contribution in [2.24, 2.45) is 0 Å². The van der Waals surface area contributed by atoms with E-state index in [1.54, 1.807) is 18.2 Å². The molecule has 16 heavy (non-hydrogen) atoms. The van der Waals surface area contributed by atoms with Crippen molar-refractivity contribution in [2.45, 2.75) is 18.9 Å². The van der Waals surface area contributed by atoms with Crippen LogP contribution in [-0.2, 0) is 5.60 Å². The lowest BCUT2D eigenvalue weighted by Crippen LogP contribution is -2.25. The second-order valence-corrected chi connectivity index (χ2v) is 3.74. The largest absolute Gasteiger partial charge is 0.472 e. The number of benzene rings is 1. The van der Waals surface area contributed by atoms with Crippen molar-refractivity contribution in [3.63, 3.8) is 0 Å². The van der Waals surface area contributed by atoms with E-state index in [-0.39, 0.29) is 5.82 Å². The van der Waals surface area contributed by atoms with Crippen LogP contribution in [0.1, 0.15) is 24.5 Å². The Kier molecular flexibility index (Phi) is 2.79. The van der Waals surface area contributed by atoms with Gasteiger partial charge in [0.25, 0.3) is 0 Å². The second kappa shape index (κ2) is 4.10. The number of hydrogen-bond donors (Lipinski definition) is 1. The van der Waals surface area contributed by atoms with Crippen molar-refractivity contribution in [3.8, 4) is 0 Å². The maximum Gasteiger partial charge on any atom is 0.123 e. The maximum atomic E-state index is 13.1. The standard InChI is InChI=1S/C13H13FO2/c1-2-13(15,11-6-7-16-9-11)10-4-3-5-12(14)8-10/h3-9,15H,2H2,1H3. The van der Waals surface area contributed by atoms with Gasteiger partial charge in [-0.05, 0) is 30.2 Å². The molecule has 1 aromatic heterocycles. The second-order valence-electron chi connectivity index (χ2n) is 3.74. The van der Waals surface area contributed by atoms with Gasteiger partial charge in [0, 0.05) is 5.56 Å². The summed E-state index contributed by atoms with van der Waals surface area (Å²) in [6.07, 6.45) is 3.43. The van der Waals surface area contributed by atoms with Crippen molar-refractivity contribution in [2.75, 3.05) is 0 Å². The van der Waals surface area contributed by atoms with Gasteiger partial charge in [0.2, 0.25) is 0 Å². The molecule has 1 N–H and O–H groups in total. The molecule has 0 saturated heterocycles. The Balaban J connectivity index is 2.50. The molecule has 0 radical (unpaired) electrons. The van der Waals surface area contributed by atoms with E-state index in [0.717, 1.165) is 0 Å².